The SMILES string of the molecule is Cc1ccc(OCC2CCCCC2c2ccnn2C2CCCC2)c(C=O)c1O. The van der Waals surface area contributed by atoms with Crippen LogP contribution in [0.1, 0.15) is 84.9 Å². The Labute approximate surface area is 166 Å². The van der Waals surface area contributed by atoms with Crippen LogP contribution in [0, 0.1) is 12.8 Å². The molecule has 1 N–H and O–H groups in total. The highest BCUT2D eigenvalue weighted by atomic mass is 16.5. The van der Waals surface area contributed by atoms with E-state index in [-0.39, 0.29) is 11.3 Å². The van der Waals surface area contributed by atoms with Crippen LogP contribution >= 0.6 is 0 Å². The van der Waals surface area contributed by atoms with Crippen molar-refractivity contribution in [3.05, 3.63) is 41.2 Å². The summed E-state index contributed by atoms with van der Waals surface area (Å²) in [4.78, 5) is 11.4. The second-order valence-corrected chi connectivity index (χ2v) is 8.36. The van der Waals surface area contributed by atoms with Crippen molar-refractivity contribution in [3.8, 4) is 11.5 Å². The molecule has 2 unspecified atom stereocenters. The van der Waals surface area contributed by atoms with E-state index in [0.717, 1.165) is 12.8 Å². The summed E-state index contributed by atoms with van der Waals surface area (Å²) in [6.07, 6.45) is 12.4. The predicted octanol–water partition coefficient (Wildman–Crippen LogP) is 5.18. The Bertz CT molecular complexity index is 823. The Balaban J connectivity index is 1.52. The molecule has 2 aliphatic carbocycles. The minimum Gasteiger partial charge on any atom is -0.507 e. The molecule has 2 aliphatic rings. The molecule has 2 aromatic rings. The van der Waals surface area contributed by atoms with Gasteiger partial charge in [0.05, 0.1) is 18.2 Å². The van der Waals surface area contributed by atoms with Gasteiger partial charge >= 0.3 is 0 Å². The number of nitrogens with zero attached hydrogens (tertiary/aromatic N) is 2. The van der Waals surface area contributed by atoms with Crippen molar-refractivity contribution < 1.29 is 14.6 Å². The molecule has 2 saturated carbocycles. The number of aldehydes is 1. The quantitative estimate of drug-likeness (QED) is 0.699. The number of phenols is 1. The third-order valence-electron chi connectivity index (χ3n) is 6.61. The Hall–Kier alpha value is -2.30. The van der Waals surface area contributed by atoms with E-state index in [4.69, 9.17) is 4.74 Å². The zero-order valence-electron chi connectivity index (χ0n) is 16.6. The largest absolute Gasteiger partial charge is 0.507 e. The molecular formula is C23H30N2O3. The molecule has 5 heteroatoms. The van der Waals surface area contributed by atoms with E-state index >= 15 is 0 Å². The number of ether oxygens (including phenoxy) is 1. The molecule has 2 atom stereocenters. The molecule has 5 nitrogen and oxygen atoms in total. The monoisotopic (exact) mass is 382 g/mol. The van der Waals surface area contributed by atoms with Crippen LogP contribution in [0.25, 0.3) is 0 Å². The number of phenolic OH excluding ortho intramolecular Hbond substituents is 1. The fourth-order valence-electron chi connectivity index (χ4n) is 5.00. The van der Waals surface area contributed by atoms with E-state index < -0.39 is 0 Å². The van der Waals surface area contributed by atoms with Crippen molar-refractivity contribution in [2.24, 2.45) is 5.92 Å². The molecule has 0 bridgehead atoms. The van der Waals surface area contributed by atoms with E-state index in [9.17, 15) is 9.90 Å². The Kier molecular flexibility index (Phi) is 5.69. The number of benzene rings is 1. The van der Waals surface area contributed by atoms with Crippen LogP contribution in [0.4, 0.5) is 0 Å². The van der Waals surface area contributed by atoms with Gasteiger partial charge in [-0.25, -0.2) is 0 Å². The minimum absolute atomic E-state index is 0.0204. The van der Waals surface area contributed by atoms with Crippen LogP contribution in [0.15, 0.2) is 24.4 Å². The lowest BCUT2D eigenvalue weighted by Crippen LogP contribution is -2.27. The minimum atomic E-state index is 0.0204. The normalized spacial score (nSPS) is 23.0. The van der Waals surface area contributed by atoms with Gasteiger partial charge in [-0.05, 0) is 50.3 Å². The average Bonchev–Trinajstić information content (AvgIpc) is 3.40. The maximum atomic E-state index is 11.4. The van der Waals surface area contributed by atoms with Gasteiger partial charge in [0.15, 0.2) is 6.29 Å². The lowest BCUT2D eigenvalue weighted by Gasteiger charge is -2.33. The highest BCUT2D eigenvalue weighted by Crippen LogP contribution is 2.41. The summed E-state index contributed by atoms with van der Waals surface area (Å²) in [6.45, 7) is 2.34. The summed E-state index contributed by atoms with van der Waals surface area (Å²) >= 11 is 0. The molecule has 0 radical (unpaired) electrons. The van der Waals surface area contributed by atoms with Gasteiger partial charge in [-0.2, -0.15) is 5.10 Å². The molecule has 28 heavy (non-hydrogen) atoms. The topological polar surface area (TPSA) is 64.4 Å². The fraction of sp³-hybridized carbons (Fsp3) is 0.565. The van der Waals surface area contributed by atoms with Crippen LogP contribution in [0.3, 0.4) is 0 Å². The summed E-state index contributed by atoms with van der Waals surface area (Å²) in [7, 11) is 0. The number of aryl methyl sites for hydroxylation is 1. The number of rotatable bonds is 6. The van der Waals surface area contributed by atoms with Crippen LogP contribution in [0.5, 0.6) is 11.5 Å². The second-order valence-electron chi connectivity index (χ2n) is 8.36. The average molecular weight is 383 g/mol. The molecule has 2 fully saturated rings. The number of carbonyl (C=O) groups is 1. The molecule has 1 aromatic heterocycles. The van der Waals surface area contributed by atoms with Crippen molar-refractivity contribution in [2.45, 2.75) is 70.3 Å². The van der Waals surface area contributed by atoms with Crippen molar-refractivity contribution in [2.75, 3.05) is 6.61 Å². The number of aromatic hydroxyl groups is 1. The van der Waals surface area contributed by atoms with Crippen molar-refractivity contribution in [1.29, 1.82) is 0 Å². The summed E-state index contributed by atoms with van der Waals surface area (Å²) in [6, 6.07) is 6.32. The first-order chi connectivity index (χ1) is 13.7. The van der Waals surface area contributed by atoms with Crippen molar-refractivity contribution >= 4 is 6.29 Å². The zero-order valence-corrected chi connectivity index (χ0v) is 16.6. The third-order valence-corrected chi connectivity index (χ3v) is 6.61. The zero-order chi connectivity index (χ0) is 19.5. The standard InChI is InChI=1S/C23H30N2O3/c1-16-10-11-22(20(14-26)23(16)27)28-15-17-6-2-5-9-19(17)21-12-13-24-25(21)18-7-3-4-8-18/h10-14,17-19,27H,2-9,15H2,1H3. The number of aromatic nitrogens is 2. The van der Waals surface area contributed by atoms with Gasteiger partial charge in [-0.15, -0.1) is 0 Å². The summed E-state index contributed by atoms with van der Waals surface area (Å²) < 4.78 is 8.36. The summed E-state index contributed by atoms with van der Waals surface area (Å²) in [5.74, 6) is 1.34. The highest BCUT2D eigenvalue weighted by molar-refractivity contribution is 5.84. The highest BCUT2D eigenvalue weighted by Gasteiger charge is 2.32. The first kappa shape index (κ1) is 19.0. The van der Waals surface area contributed by atoms with Crippen LogP contribution in [-0.2, 0) is 0 Å². The van der Waals surface area contributed by atoms with Gasteiger partial charge in [-0.3, -0.25) is 9.48 Å². The predicted molar refractivity (Wildman–Crippen MR) is 108 cm³/mol. The van der Waals surface area contributed by atoms with E-state index in [0.29, 0.717) is 42.1 Å². The van der Waals surface area contributed by atoms with Gasteiger partial charge < -0.3 is 9.84 Å². The summed E-state index contributed by atoms with van der Waals surface area (Å²) in [5, 5.41) is 14.8. The molecule has 150 valence electrons. The lowest BCUT2D eigenvalue weighted by atomic mass is 9.77. The maximum absolute atomic E-state index is 11.4. The molecule has 4 rings (SSSR count). The smallest absolute Gasteiger partial charge is 0.157 e. The molecule has 0 aliphatic heterocycles. The Morgan fingerprint density at radius 3 is 2.68 bits per heavy atom. The number of hydrogen-bond donors (Lipinski definition) is 1. The molecule has 1 heterocycles. The lowest BCUT2D eigenvalue weighted by molar-refractivity contribution is 0.111. The summed E-state index contributed by atoms with van der Waals surface area (Å²) in [5.41, 5.74) is 2.29. The molecule has 1 aromatic carbocycles. The number of carbonyl (C=O) groups excluding carboxylic acids is 1. The Morgan fingerprint density at radius 1 is 1.14 bits per heavy atom. The first-order valence-electron chi connectivity index (χ1n) is 10.6. The van der Waals surface area contributed by atoms with E-state index in [1.807, 2.05) is 6.20 Å². The van der Waals surface area contributed by atoms with Gasteiger partial charge in [-0.1, -0.05) is 31.7 Å². The van der Waals surface area contributed by atoms with E-state index in [2.05, 4.69) is 15.8 Å². The second kappa shape index (κ2) is 8.38. The Morgan fingerprint density at radius 2 is 1.89 bits per heavy atom. The van der Waals surface area contributed by atoms with E-state index in [1.54, 1.807) is 19.1 Å². The molecule has 0 spiro atoms. The van der Waals surface area contributed by atoms with E-state index in [1.165, 1.54) is 44.2 Å². The van der Waals surface area contributed by atoms with Crippen molar-refractivity contribution in [1.82, 2.24) is 9.78 Å². The van der Waals surface area contributed by atoms with Gasteiger partial charge in [0.1, 0.15) is 11.5 Å². The molecule has 0 saturated heterocycles. The third kappa shape index (κ3) is 3.67. The van der Waals surface area contributed by atoms with Gasteiger partial charge in [0.2, 0.25) is 0 Å². The maximum Gasteiger partial charge on any atom is 0.157 e. The van der Waals surface area contributed by atoms with Gasteiger partial charge in [0, 0.05) is 23.7 Å². The van der Waals surface area contributed by atoms with Crippen molar-refractivity contribution in [3.63, 3.8) is 0 Å². The molecular weight excluding hydrogens is 352 g/mol. The number of hydrogen-bond acceptors (Lipinski definition) is 4. The first-order valence-corrected chi connectivity index (χ1v) is 10.6. The molecule has 0 amide bonds. The van der Waals surface area contributed by atoms with Gasteiger partial charge in [0.25, 0.3) is 0 Å². The fourth-order valence-corrected chi connectivity index (χ4v) is 5.00. The van der Waals surface area contributed by atoms with Crippen LogP contribution in [-0.4, -0.2) is 27.8 Å². The van der Waals surface area contributed by atoms with Crippen LogP contribution < -0.4 is 4.74 Å². The van der Waals surface area contributed by atoms with Crippen LogP contribution in [0.2, 0.25) is 0 Å².